The van der Waals surface area contributed by atoms with Gasteiger partial charge in [-0.15, -0.1) is 0 Å². The van der Waals surface area contributed by atoms with Gasteiger partial charge in [-0.3, -0.25) is 14.5 Å². The molecule has 0 saturated carbocycles. The summed E-state index contributed by atoms with van der Waals surface area (Å²) in [6, 6.07) is 15.4. The Morgan fingerprint density at radius 3 is 2.29 bits per heavy atom. The van der Waals surface area contributed by atoms with Gasteiger partial charge in [0.2, 0.25) is 0 Å². The molecule has 0 fully saturated rings. The Labute approximate surface area is 154 Å². The van der Waals surface area contributed by atoms with E-state index in [0.29, 0.717) is 17.7 Å². The smallest absolute Gasteiger partial charge is 0.261 e. The molecule has 0 spiro atoms. The zero-order chi connectivity index (χ0) is 16.9. The lowest BCUT2D eigenvalue weighted by Crippen LogP contribution is -2.30. The van der Waals surface area contributed by atoms with Crippen LogP contribution in [0.5, 0.6) is 0 Å². The van der Waals surface area contributed by atoms with Crippen LogP contribution in [0.2, 0.25) is 0 Å². The minimum absolute atomic E-state index is 0.155. The van der Waals surface area contributed by atoms with Crippen molar-refractivity contribution < 1.29 is 9.59 Å². The van der Waals surface area contributed by atoms with Crippen LogP contribution in [0.25, 0.3) is 0 Å². The number of imide groups is 1. The van der Waals surface area contributed by atoms with Gasteiger partial charge in [0, 0.05) is 16.8 Å². The van der Waals surface area contributed by atoms with Crippen LogP contribution in [0.4, 0.5) is 0 Å². The zero-order valence-corrected chi connectivity index (χ0v) is 15.6. The number of carbonyl (C=O) groups excluding carboxylic acids is 2. The number of rotatable bonds is 7. The van der Waals surface area contributed by atoms with Gasteiger partial charge in [0.25, 0.3) is 11.8 Å². The second-order valence-corrected chi connectivity index (χ2v) is 7.72. The number of nitrogens with zero attached hydrogens (tertiary/aromatic N) is 1. The van der Waals surface area contributed by atoms with Crippen LogP contribution in [-0.2, 0) is 5.75 Å². The van der Waals surface area contributed by atoms with Crippen LogP contribution in [0.15, 0.2) is 53.0 Å². The fourth-order valence-corrected chi connectivity index (χ4v) is 4.15. The summed E-state index contributed by atoms with van der Waals surface area (Å²) in [6.45, 7) is 0.504. The number of amides is 2. The second-order valence-electron chi connectivity index (χ2n) is 5.70. The Hall–Kier alpha value is -1.59. The van der Waals surface area contributed by atoms with Gasteiger partial charge in [0.1, 0.15) is 0 Å². The predicted molar refractivity (Wildman–Crippen MR) is 101 cm³/mol. The maximum atomic E-state index is 12.2. The summed E-state index contributed by atoms with van der Waals surface area (Å²) in [4.78, 5) is 25.9. The summed E-state index contributed by atoms with van der Waals surface area (Å²) in [7, 11) is 0. The van der Waals surface area contributed by atoms with Gasteiger partial charge < -0.3 is 0 Å². The summed E-state index contributed by atoms with van der Waals surface area (Å²) in [5.41, 5.74) is 2.37. The summed E-state index contributed by atoms with van der Waals surface area (Å²) >= 11 is 5.36. The Morgan fingerprint density at radius 1 is 0.917 bits per heavy atom. The average Bonchev–Trinajstić information content (AvgIpc) is 2.83. The highest BCUT2D eigenvalue weighted by atomic mass is 79.9. The predicted octanol–water partition coefficient (Wildman–Crippen LogP) is 4.76. The number of thioether (sulfide) groups is 1. The maximum Gasteiger partial charge on any atom is 0.261 e. The largest absolute Gasteiger partial charge is 0.274 e. The molecule has 2 amide bonds. The fraction of sp³-hybridized carbons (Fsp3) is 0.263. The fourth-order valence-electron chi connectivity index (χ4n) is 2.73. The Balaban J connectivity index is 1.40. The van der Waals surface area contributed by atoms with E-state index in [1.54, 1.807) is 24.3 Å². The molecule has 0 bridgehead atoms. The lowest BCUT2D eigenvalue weighted by atomic mass is 10.1. The van der Waals surface area contributed by atoms with E-state index in [0.717, 1.165) is 28.8 Å². The highest BCUT2D eigenvalue weighted by Gasteiger charge is 2.34. The van der Waals surface area contributed by atoms with E-state index in [4.69, 9.17) is 0 Å². The molecule has 1 aliphatic rings. The van der Waals surface area contributed by atoms with Gasteiger partial charge >= 0.3 is 0 Å². The van der Waals surface area contributed by atoms with Crippen molar-refractivity contribution in [1.82, 2.24) is 4.90 Å². The summed E-state index contributed by atoms with van der Waals surface area (Å²) in [5.74, 6) is 1.69. The number of unbranched alkanes of at least 4 members (excludes halogenated alkanes) is 1. The van der Waals surface area contributed by atoms with E-state index >= 15 is 0 Å². The van der Waals surface area contributed by atoms with Crippen molar-refractivity contribution in [3.8, 4) is 0 Å². The van der Waals surface area contributed by atoms with Gasteiger partial charge in [-0.05, 0) is 48.4 Å². The average molecular weight is 404 g/mol. The highest BCUT2D eigenvalue weighted by Crippen LogP contribution is 2.23. The third-order valence-electron chi connectivity index (χ3n) is 3.96. The van der Waals surface area contributed by atoms with Crippen molar-refractivity contribution in [1.29, 1.82) is 0 Å². The van der Waals surface area contributed by atoms with Gasteiger partial charge in [0.15, 0.2) is 0 Å². The first-order valence-corrected chi connectivity index (χ1v) is 9.89. The SMILES string of the molecule is O=C1c2ccccc2C(=O)N1CCCCSCc1cccc(Br)c1. The number of halogens is 1. The summed E-state index contributed by atoms with van der Waals surface area (Å²) in [6.07, 6.45) is 1.84. The first kappa shape index (κ1) is 17.2. The minimum atomic E-state index is -0.155. The normalized spacial score (nSPS) is 13.5. The number of hydrogen-bond donors (Lipinski definition) is 0. The van der Waals surface area contributed by atoms with Crippen LogP contribution in [0.3, 0.4) is 0 Å². The molecule has 0 atom stereocenters. The number of carbonyl (C=O) groups is 2. The molecule has 2 aromatic carbocycles. The monoisotopic (exact) mass is 403 g/mol. The molecule has 5 heteroatoms. The lowest BCUT2D eigenvalue weighted by Gasteiger charge is -2.13. The molecule has 24 heavy (non-hydrogen) atoms. The van der Waals surface area contributed by atoms with Crippen LogP contribution in [-0.4, -0.2) is 29.0 Å². The Kier molecular flexibility index (Phi) is 5.74. The van der Waals surface area contributed by atoms with Crippen molar-refractivity contribution >= 4 is 39.5 Å². The van der Waals surface area contributed by atoms with E-state index in [1.165, 1.54) is 10.5 Å². The lowest BCUT2D eigenvalue weighted by molar-refractivity contribution is 0.0652. The molecular weight excluding hydrogens is 386 g/mol. The molecule has 0 radical (unpaired) electrons. The highest BCUT2D eigenvalue weighted by molar-refractivity contribution is 9.10. The minimum Gasteiger partial charge on any atom is -0.274 e. The summed E-state index contributed by atoms with van der Waals surface area (Å²) in [5, 5.41) is 0. The van der Waals surface area contributed by atoms with Crippen molar-refractivity contribution in [3.05, 3.63) is 69.7 Å². The quantitative estimate of drug-likeness (QED) is 0.493. The van der Waals surface area contributed by atoms with Crippen molar-refractivity contribution in [3.63, 3.8) is 0 Å². The van der Waals surface area contributed by atoms with E-state index in [1.807, 2.05) is 23.9 Å². The van der Waals surface area contributed by atoms with Gasteiger partial charge in [-0.25, -0.2) is 0 Å². The van der Waals surface area contributed by atoms with Crippen molar-refractivity contribution in [2.24, 2.45) is 0 Å². The molecule has 3 rings (SSSR count). The Bertz CT molecular complexity index is 728. The van der Waals surface area contributed by atoms with Crippen LogP contribution < -0.4 is 0 Å². The van der Waals surface area contributed by atoms with Gasteiger partial charge in [-0.2, -0.15) is 11.8 Å². The third-order valence-corrected chi connectivity index (χ3v) is 5.56. The molecule has 0 aliphatic carbocycles. The van der Waals surface area contributed by atoms with Gasteiger partial charge in [0.05, 0.1) is 11.1 Å². The third kappa shape index (κ3) is 3.90. The van der Waals surface area contributed by atoms with Crippen LogP contribution >= 0.6 is 27.7 Å². The van der Waals surface area contributed by atoms with Gasteiger partial charge in [-0.1, -0.05) is 40.2 Å². The topological polar surface area (TPSA) is 37.4 Å². The van der Waals surface area contributed by atoms with Crippen molar-refractivity contribution in [2.75, 3.05) is 12.3 Å². The van der Waals surface area contributed by atoms with E-state index < -0.39 is 0 Å². The van der Waals surface area contributed by atoms with Crippen LogP contribution in [0.1, 0.15) is 39.1 Å². The molecule has 3 nitrogen and oxygen atoms in total. The molecule has 0 aromatic heterocycles. The first-order valence-electron chi connectivity index (χ1n) is 7.94. The molecule has 1 aliphatic heterocycles. The molecule has 0 N–H and O–H groups in total. The molecule has 2 aromatic rings. The molecule has 124 valence electrons. The van der Waals surface area contributed by atoms with Crippen LogP contribution in [0, 0.1) is 0 Å². The number of fused-ring (bicyclic) bond motifs is 1. The molecule has 1 heterocycles. The van der Waals surface area contributed by atoms with E-state index in [2.05, 4.69) is 28.1 Å². The summed E-state index contributed by atoms with van der Waals surface area (Å²) < 4.78 is 1.10. The maximum absolute atomic E-state index is 12.2. The van der Waals surface area contributed by atoms with E-state index in [-0.39, 0.29) is 11.8 Å². The number of hydrogen-bond acceptors (Lipinski definition) is 3. The molecular formula is C19H18BrNO2S. The van der Waals surface area contributed by atoms with E-state index in [9.17, 15) is 9.59 Å². The number of benzene rings is 2. The Morgan fingerprint density at radius 2 is 1.62 bits per heavy atom. The van der Waals surface area contributed by atoms with Crippen molar-refractivity contribution in [2.45, 2.75) is 18.6 Å². The standard InChI is InChI=1S/C19H18BrNO2S/c20-15-7-5-6-14(12-15)13-24-11-4-3-10-21-18(22)16-8-1-2-9-17(16)19(21)23/h1-2,5-9,12H,3-4,10-11,13H2. The first-order chi connectivity index (χ1) is 11.7. The zero-order valence-electron chi connectivity index (χ0n) is 13.2. The second kappa shape index (κ2) is 7.99. The molecule has 0 unspecified atom stereocenters. The molecule has 0 saturated heterocycles.